The Kier molecular flexibility index (Phi) is 5.20. The van der Waals surface area contributed by atoms with Crippen LogP contribution in [0.1, 0.15) is 48.5 Å². The topological polar surface area (TPSA) is 78.4 Å². The minimum Gasteiger partial charge on any atom is -0.481 e. The van der Waals surface area contributed by atoms with E-state index >= 15 is 0 Å². The zero-order valence-corrected chi connectivity index (χ0v) is 12.3. The normalized spacial score (nSPS) is 14.7. The Morgan fingerprint density at radius 3 is 2.95 bits per heavy atom. The predicted molar refractivity (Wildman–Crippen MR) is 81.7 cm³/mol. The Morgan fingerprint density at radius 1 is 1.43 bits per heavy atom. The van der Waals surface area contributed by atoms with Gasteiger partial charge in [0.05, 0.1) is 6.42 Å². The molecular weight excluding hydrogens is 268 g/mol. The van der Waals surface area contributed by atoms with Crippen molar-refractivity contribution in [2.45, 2.75) is 45.1 Å². The second-order valence-electron chi connectivity index (χ2n) is 5.42. The molecule has 0 saturated carbocycles. The third kappa shape index (κ3) is 3.97. The van der Waals surface area contributed by atoms with Crippen molar-refractivity contribution in [3.63, 3.8) is 0 Å². The van der Waals surface area contributed by atoms with Crippen LogP contribution in [0.3, 0.4) is 0 Å². The molecule has 0 fully saturated rings. The molecule has 5 heteroatoms. The fraction of sp³-hybridized carbons (Fsp3) is 0.500. The summed E-state index contributed by atoms with van der Waals surface area (Å²) in [6.07, 6.45) is 3.36. The number of carbonyl (C=O) groups excluding carboxylic acids is 1. The molecule has 1 aromatic rings. The minimum absolute atomic E-state index is 0.0349. The highest BCUT2D eigenvalue weighted by atomic mass is 16.4. The molecular formula is C16H22N2O3. The first-order chi connectivity index (χ1) is 10.1. The van der Waals surface area contributed by atoms with Crippen LogP contribution in [0, 0.1) is 0 Å². The van der Waals surface area contributed by atoms with Gasteiger partial charge in [0.15, 0.2) is 0 Å². The Balaban J connectivity index is 2.13. The summed E-state index contributed by atoms with van der Waals surface area (Å²) in [5, 5.41) is 15.1. The number of anilines is 1. The van der Waals surface area contributed by atoms with E-state index in [1.807, 2.05) is 25.1 Å². The number of amides is 1. The molecule has 0 spiro atoms. The van der Waals surface area contributed by atoms with Crippen LogP contribution in [0.5, 0.6) is 0 Å². The number of nitrogens with one attached hydrogen (secondary N) is 2. The Bertz CT molecular complexity index is 528. The van der Waals surface area contributed by atoms with Gasteiger partial charge in [0.2, 0.25) is 0 Å². The smallest absolute Gasteiger partial charge is 0.305 e. The summed E-state index contributed by atoms with van der Waals surface area (Å²) in [6.45, 7) is 2.91. The maximum Gasteiger partial charge on any atom is 0.305 e. The molecule has 1 aromatic carbocycles. The van der Waals surface area contributed by atoms with E-state index in [1.165, 1.54) is 0 Å². The SMILES string of the molecule is CCCC(CC(=O)O)NC(=O)c1cccc2c1CCCN2. The third-order valence-corrected chi connectivity index (χ3v) is 3.73. The third-order valence-electron chi connectivity index (χ3n) is 3.73. The van der Waals surface area contributed by atoms with Gasteiger partial charge < -0.3 is 15.7 Å². The van der Waals surface area contributed by atoms with Crippen molar-refractivity contribution < 1.29 is 14.7 Å². The predicted octanol–water partition coefficient (Wildman–Crippen LogP) is 2.42. The monoisotopic (exact) mass is 290 g/mol. The molecule has 5 nitrogen and oxygen atoms in total. The van der Waals surface area contributed by atoms with Gasteiger partial charge in [-0.25, -0.2) is 0 Å². The van der Waals surface area contributed by atoms with Crippen molar-refractivity contribution in [2.75, 3.05) is 11.9 Å². The molecule has 3 N–H and O–H groups in total. The highest BCUT2D eigenvalue weighted by molar-refractivity contribution is 5.97. The first-order valence-corrected chi connectivity index (χ1v) is 7.50. The van der Waals surface area contributed by atoms with Gasteiger partial charge in [-0.05, 0) is 37.0 Å². The number of carboxylic acid groups (broad SMARTS) is 1. The average molecular weight is 290 g/mol. The second-order valence-corrected chi connectivity index (χ2v) is 5.42. The van der Waals surface area contributed by atoms with Gasteiger partial charge >= 0.3 is 5.97 Å². The van der Waals surface area contributed by atoms with Gasteiger partial charge in [0.1, 0.15) is 0 Å². The van der Waals surface area contributed by atoms with Crippen LogP contribution in [0.2, 0.25) is 0 Å². The lowest BCUT2D eigenvalue weighted by Gasteiger charge is -2.22. The average Bonchev–Trinajstić information content (AvgIpc) is 2.46. The summed E-state index contributed by atoms with van der Waals surface area (Å²) in [5.74, 6) is -1.05. The molecule has 2 rings (SSSR count). The first kappa shape index (κ1) is 15.4. The second kappa shape index (κ2) is 7.11. The first-order valence-electron chi connectivity index (χ1n) is 7.50. The Labute approximate surface area is 124 Å². The van der Waals surface area contributed by atoms with Gasteiger partial charge in [-0.1, -0.05) is 19.4 Å². The standard InChI is InChI=1S/C16H22N2O3/c1-2-5-11(10-15(19)20)18-16(21)13-6-3-8-14-12(13)7-4-9-17-14/h3,6,8,11,17H,2,4-5,7,9-10H2,1H3,(H,18,21)(H,19,20). The van der Waals surface area contributed by atoms with Crippen molar-refractivity contribution in [3.8, 4) is 0 Å². The van der Waals surface area contributed by atoms with Crippen molar-refractivity contribution in [1.29, 1.82) is 0 Å². The molecule has 0 bridgehead atoms. The molecule has 21 heavy (non-hydrogen) atoms. The summed E-state index contributed by atoms with van der Waals surface area (Å²) in [5.41, 5.74) is 2.71. The van der Waals surface area contributed by atoms with E-state index in [4.69, 9.17) is 5.11 Å². The number of carboxylic acids is 1. The maximum atomic E-state index is 12.5. The molecule has 1 aliphatic rings. The number of carbonyl (C=O) groups is 2. The number of rotatable bonds is 6. The van der Waals surface area contributed by atoms with Gasteiger partial charge in [0, 0.05) is 23.8 Å². The lowest BCUT2D eigenvalue weighted by molar-refractivity contribution is -0.137. The van der Waals surface area contributed by atoms with E-state index in [9.17, 15) is 9.59 Å². The molecule has 1 heterocycles. The van der Waals surface area contributed by atoms with Crippen LogP contribution in [0.15, 0.2) is 18.2 Å². The van der Waals surface area contributed by atoms with Crippen LogP contribution in [-0.4, -0.2) is 29.6 Å². The fourth-order valence-electron chi connectivity index (χ4n) is 2.77. The molecule has 1 aliphatic heterocycles. The van der Waals surface area contributed by atoms with Crippen LogP contribution >= 0.6 is 0 Å². The molecule has 0 aliphatic carbocycles. The summed E-state index contributed by atoms with van der Waals surface area (Å²) in [4.78, 5) is 23.3. The van der Waals surface area contributed by atoms with E-state index < -0.39 is 5.97 Å². The Hall–Kier alpha value is -2.04. The largest absolute Gasteiger partial charge is 0.481 e. The van der Waals surface area contributed by atoms with Crippen molar-refractivity contribution in [1.82, 2.24) is 5.32 Å². The van der Waals surface area contributed by atoms with E-state index in [0.29, 0.717) is 12.0 Å². The van der Waals surface area contributed by atoms with Crippen LogP contribution in [-0.2, 0) is 11.2 Å². The summed E-state index contributed by atoms with van der Waals surface area (Å²) in [7, 11) is 0. The summed E-state index contributed by atoms with van der Waals surface area (Å²) < 4.78 is 0. The molecule has 0 radical (unpaired) electrons. The number of aliphatic carboxylic acids is 1. The molecule has 1 unspecified atom stereocenters. The van der Waals surface area contributed by atoms with Crippen molar-refractivity contribution >= 4 is 17.6 Å². The van der Waals surface area contributed by atoms with Crippen LogP contribution in [0.25, 0.3) is 0 Å². The highest BCUT2D eigenvalue weighted by Crippen LogP contribution is 2.25. The Morgan fingerprint density at radius 2 is 2.24 bits per heavy atom. The molecule has 0 saturated heterocycles. The van der Waals surface area contributed by atoms with Gasteiger partial charge in [-0.15, -0.1) is 0 Å². The fourth-order valence-corrected chi connectivity index (χ4v) is 2.77. The van der Waals surface area contributed by atoms with Crippen molar-refractivity contribution in [3.05, 3.63) is 29.3 Å². The lowest BCUT2D eigenvalue weighted by atomic mass is 9.96. The number of hydrogen-bond acceptors (Lipinski definition) is 3. The molecule has 1 amide bonds. The summed E-state index contributed by atoms with van der Waals surface area (Å²) >= 11 is 0. The molecule has 114 valence electrons. The van der Waals surface area contributed by atoms with E-state index in [-0.39, 0.29) is 18.4 Å². The number of fused-ring (bicyclic) bond motifs is 1. The number of benzene rings is 1. The van der Waals surface area contributed by atoms with Crippen LogP contribution < -0.4 is 10.6 Å². The van der Waals surface area contributed by atoms with Crippen LogP contribution in [0.4, 0.5) is 5.69 Å². The van der Waals surface area contributed by atoms with E-state index in [0.717, 1.165) is 37.1 Å². The molecule has 0 aromatic heterocycles. The quantitative estimate of drug-likeness (QED) is 0.752. The lowest BCUT2D eigenvalue weighted by Crippen LogP contribution is -2.37. The van der Waals surface area contributed by atoms with Gasteiger partial charge in [0.25, 0.3) is 5.91 Å². The summed E-state index contributed by atoms with van der Waals surface area (Å²) in [6, 6.07) is 5.34. The zero-order chi connectivity index (χ0) is 15.2. The zero-order valence-electron chi connectivity index (χ0n) is 12.3. The maximum absolute atomic E-state index is 12.5. The van der Waals surface area contributed by atoms with E-state index in [1.54, 1.807) is 0 Å². The van der Waals surface area contributed by atoms with Gasteiger partial charge in [-0.3, -0.25) is 9.59 Å². The van der Waals surface area contributed by atoms with Crippen molar-refractivity contribution in [2.24, 2.45) is 0 Å². The molecule has 1 atom stereocenters. The number of hydrogen-bond donors (Lipinski definition) is 3. The minimum atomic E-state index is -0.884. The van der Waals surface area contributed by atoms with E-state index in [2.05, 4.69) is 10.6 Å². The van der Waals surface area contributed by atoms with Gasteiger partial charge in [-0.2, -0.15) is 0 Å². The highest BCUT2D eigenvalue weighted by Gasteiger charge is 2.20.